The quantitative estimate of drug-likeness (QED) is 0.244. The third kappa shape index (κ3) is 6.64. The van der Waals surface area contributed by atoms with Crippen molar-refractivity contribution in [2.24, 2.45) is 0 Å². The minimum absolute atomic E-state index is 0.00954. The van der Waals surface area contributed by atoms with Gasteiger partial charge < -0.3 is 15.0 Å². The number of fused-ring (bicyclic) bond motifs is 2. The smallest absolute Gasteiger partial charge is 0.337 e. The number of carbonyl (C=O) groups excluding carboxylic acids is 1. The third-order valence-corrected chi connectivity index (χ3v) is 10.2. The highest BCUT2D eigenvalue weighted by atomic mass is 19.1. The molecule has 0 spiro atoms. The predicted molar refractivity (Wildman–Crippen MR) is 194 cm³/mol. The van der Waals surface area contributed by atoms with Crippen LogP contribution in [0.2, 0.25) is 0 Å². The Morgan fingerprint density at radius 3 is 2.54 bits per heavy atom. The van der Waals surface area contributed by atoms with Crippen molar-refractivity contribution in [2.45, 2.75) is 57.3 Å². The number of rotatable bonds is 7. The van der Waals surface area contributed by atoms with Crippen LogP contribution in [-0.4, -0.2) is 66.0 Å². The van der Waals surface area contributed by atoms with E-state index in [1.54, 1.807) is 6.07 Å². The summed E-state index contributed by atoms with van der Waals surface area (Å²) >= 11 is 0. The molecule has 4 aromatic heterocycles. The van der Waals surface area contributed by atoms with Crippen LogP contribution in [0.15, 0.2) is 94.9 Å². The maximum absolute atomic E-state index is 14.5. The minimum atomic E-state index is -0.674. The Hall–Kier alpha value is -5.53. The fourth-order valence-electron chi connectivity index (χ4n) is 7.59. The number of imidazole rings is 1. The first-order valence-electron chi connectivity index (χ1n) is 17.6. The molecular weight excluding hydrogens is 666 g/mol. The third-order valence-electron chi connectivity index (χ3n) is 10.2. The van der Waals surface area contributed by atoms with E-state index in [0.717, 1.165) is 49.6 Å². The van der Waals surface area contributed by atoms with E-state index in [4.69, 9.17) is 0 Å². The number of nitrogens with zero attached hydrogens (tertiary/aromatic N) is 6. The molecule has 1 atom stereocenters. The van der Waals surface area contributed by atoms with Crippen LogP contribution >= 0.6 is 0 Å². The summed E-state index contributed by atoms with van der Waals surface area (Å²) in [7, 11) is 0. The van der Waals surface area contributed by atoms with Gasteiger partial charge in [0, 0.05) is 56.7 Å². The van der Waals surface area contributed by atoms with Crippen molar-refractivity contribution in [1.82, 2.24) is 39.0 Å². The number of halogens is 2. The zero-order valence-corrected chi connectivity index (χ0v) is 28.6. The Labute approximate surface area is 297 Å². The van der Waals surface area contributed by atoms with Gasteiger partial charge in [0.2, 0.25) is 0 Å². The second kappa shape index (κ2) is 13.9. The number of hydrogen-bond donors (Lipinski definition) is 2. The Kier molecular flexibility index (Phi) is 8.97. The maximum Gasteiger partial charge on any atom is 0.337 e. The molecule has 2 aromatic carbocycles. The summed E-state index contributed by atoms with van der Waals surface area (Å²) in [6, 6.07) is 19.6. The number of amides is 1. The molecule has 2 aliphatic rings. The molecule has 266 valence electrons. The second-order valence-corrected chi connectivity index (χ2v) is 13.9. The summed E-state index contributed by atoms with van der Waals surface area (Å²) < 4.78 is 32.2. The van der Waals surface area contributed by atoms with Gasteiger partial charge in [0.25, 0.3) is 11.5 Å². The van der Waals surface area contributed by atoms with E-state index in [1.165, 1.54) is 43.6 Å². The number of piperazine rings is 1. The van der Waals surface area contributed by atoms with Crippen molar-refractivity contribution in [2.75, 3.05) is 19.6 Å². The Morgan fingerprint density at radius 2 is 1.75 bits per heavy atom. The first-order chi connectivity index (χ1) is 25.2. The van der Waals surface area contributed by atoms with Gasteiger partial charge in [0.15, 0.2) is 5.65 Å². The molecule has 1 saturated heterocycles. The van der Waals surface area contributed by atoms with Gasteiger partial charge in [0.05, 0.1) is 17.3 Å². The number of hydrogen-bond acceptors (Lipinski definition) is 7. The molecule has 0 radical (unpaired) electrons. The Bertz CT molecular complexity index is 2410. The van der Waals surface area contributed by atoms with E-state index in [0.29, 0.717) is 43.1 Å². The summed E-state index contributed by atoms with van der Waals surface area (Å²) in [5.41, 5.74) is 3.12. The van der Waals surface area contributed by atoms with Crippen LogP contribution in [0.4, 0.5) is 8.78 Å². The van der Waals surface area contributed by atoms with Gasteiger partial charge in [-0.1, -0.05) is 36.4 Å². The summed E-state index contributed by atoms with van der Waals surface area (Å²) in [6.45, 7) is 6.04. The highest BCUT2D eigenvalue weighted by molar-refractivity contribution is 5.93. The molecule has 2 fully saturated rings. The van der Waals surface area contributed by atoms with Crippen molar-refractivity contribution in [3.05, 3.63) is 129 Å². The molecule has 1 aliphatic heterocycles. The zero-order valence-electron chi connectivity index (χ0n) is 28.6. The van der Waals surface area contributed by atoms with Crippen LogP contribution in [0.3, 0.4) is 0 Å². The summed E-state index contributed by atoms with van der Waals surface area (Å²) in [5.74, 6) is -1.50. The first-order valence-corrected chi connectivity index (χ1v) is 17.6. The fourth-order valence-corrected chi connectivity index (χ4v) is 7.59. The van der Waals surface area contributed by atoms with E-state index in [-0.39, 0.29) is 28.7 Å². The average Bonchev–Trinajstić information content (AvgIpc) is 3.57. The van der Waals surface area contributed by atoms with Gasteiger partial charge in [-0.05, 0) is 79.6 Å². The van der Waals surface area contributed by atoms with Crippen LogP contribution in [-0.2, 0) is 6.54 Å². The largest absolute Gasteiger partial charge is 0.348 e. The topological polar surface area (TPSA) is 119 Å². The number of nitrogens with one attached hydrogen (secondary N) is 2. The lowest BCUT2D eigenvalue weighted by Crippen LogP contribution is -2.48. The lowest BCUT2D eigenvalue weighted by molar-refractivity contribution is 0.0917. The lowest BCUT2D eigenvalue weighted by atomic mass is 9.90. The molecule has 1 aliphatic carbocycles. The summed E-state index contributed by atoms with van der Waals surface area (Å²) in [5, 5.41) is 6.47. The van der Waals surface area contributed by atoms with Crippen molar-refractivity contribution in [3.8, 4) is 16.8 Å². The molecular formula is C39H38F2N8O3. The van der Waals surface area contributed by atoms with Gasteiger partial charge in [-0.25, -0.2) is 28.1 Å². The number of aromatic nitrogens is 5. The Balaban J connectivity index is 1.05. The molecule has 0 unspecified atom stereocenters. The molecule has 8 rings (SSSR count). The van der Waals surface area contributed by atoms with E-state index in [1.807, 2.05) is 18.2 Å². The van der Waals surface area contributed by atoms with Gasteiger partial charge >= 0.3 is 5.69 Å². The molecule has 13 heteroatoms. The second-order valence-electron chi connectivity index (χ2n) is 13.9. The molecule has 5 heterocycles. The normalized spacial score (nSPS) is 19.6. The summed E-state index contributed by atoms with van der Waals surface area (Å²) in [6.07, 6.45) is 5.61. The average molecular weight is 705 g/mol. The van der Waals surface area contributed by atoms with Gasteiger partial charge in [-0.3, -0.25) is 19.1 Å². The van der Waals surface area contributed by atoms with Crippen LogP contribution in [0.1, 0.15) is 54.7 Å². The van der Waals surface area contributed by atoms with E-state index >= 15 is 0 Å². The van der Waals surface area contributed by atoms with Crippen LogP contribution < -0.4 is 21.9 Å². The van der Waals surface area contributed by atoms with Gasteiger partial charge in [-0.2, -0.15) is 0 Å². The standard InChI is InChI=1S/C39H38F2N8O3/c1-24-20-46(16-15-42-24)21-25-5-7-26(8-6-25)27-3-2-4-32(17-27)48-36-33(18-29(41)19-43-36)38(51)49(39(48)52)31-12-10-30(11-13-31)44-37(50)34-23-47-22-28(40)9-14-35(47)45-34/h2-9,14,17-19,22-24,30-31,42H,10-13,15-16,20-21H2,1H3,(H,44,50)/t24-,30?,31?/m0/s1. The maximum atomic E-state index is 14.5. The van der Waals surface area contributed by atoms with Crippen molar-refractivity contribution < 1.29 is 13.6 Å². The zero-order chi connectivity index (χ0) is 35.9. The molecule has 52 heavy (non-hydrogen) atoms. The highest BCUT2D eigenvalue weighted by Crippen LogP contribution is 2.29. The molecule has 0 bridgehead atoms. The van der Waals surface area contributed by atoms with Crippen LogP contribution in [0.25, 0.3) is 33.5 Å². The van der Waals surface area contributed by atoms with E-state index in [2.05, 4.69) is 56.7 Å². The highest BCUT2D eigenvalue weighted by Gasteiger charge is 2.29. The summed E-state index contributed by atoms with van der Waals surface area (Å²) in [4.78, 5) is 52.1. The predicted octanol–water partition coefficient (Wildman–Crippen LogP) is 4.85. The van der Waals surface area contributed by atoms with Crippen LogP contribution in [0, 0.1) is 11.6 Å². The first kappa shape index (κ1) is 33.6. The molecule has 6 aromatic rings. The van der Waals surface area contributed by atoms with Gasteiger partial charge in [0.1, 0.15) is 23.0 Å². The van der Waals surface area contributed by atoms with E-state index < -0.39 is 28.9 Å². The van der Waals surface area contributed by atoms with Crippen molar-refractivity contribution in [3.63, 3.8) is 0 Å². The molecule has 1 saturated carbocycles. The number of benzene rings is 2. The minimum Gasteiger partial charge on any atom is -0.348 e. The van der Waals surface area contributed by atoms with Crippen molar-refractivity contribution >= 4 is 22.6 Å². The van der Waals surface area contributed by atoms with E-state index in [9.17, 15) is 23.2 Å². The number of carbonyl (C=O) groups is 1. The number of pyridine rings is 2. The van der Waals surface area contributed by atoms with Crippen LogP contribution in [0.5, 0.6) is 0 Å². The Morgan fingerprint density at radius 1 is 0.942 bits per heavy atom. The molecule has 2 N–H and O–H groups in total. The molecule has 1 amide bonds. The SMILES string of the molecule is C[C@H]1CN(Cc2ccc(-c3cccc(-n4c(=O)n(C5CCC(NC(=O)c6cn7cc(F)ccc7n6)CC5)c(=O)c5cc(F)cnc54)c3)cc2)CCN1. The lowest BCUT2D eigenvalue weighted by Gasteiger charge is -2.31. The molecule has 11 nitrogen and oxygen atoms in total. The van der Waals surface area contributed by atoms with Crippen molar-refractivity contribution in [1.29, 1.82) is 0 Å². The fraction of sp³-hybridized carbons (Fsp3) is 0.308. The van der Waals surface area contributed by atoms with Gasteiger partial charge in [-0.15, -0.1) is 0 Å². The monoisotopic (exact) mass is 704 g/mol.